The van der Waals surface area contributed by atoms with E-state index in [-0.39, 0.29) is 66.5 Å². The first-order valence-electron chi connectivity index (χ1n) is 15.7. The van der Waals surface area contributed by atoms with Crippen LogP contribution in [-0.4, -0.2) is 115 Å². The van der Waals surface area contributed by atoms with Crippen molar-refractivity contribution < 1.29 is 35.4 Å². The van der Waals surface area contributed by atoms with E-state index >= 15 is 0 Å². The quantitative estimate of drug-likeness (QED) is 0.215. The second-order valence-corrected chi connectivity index (χ2v) is 13.1. The van der Waals surface area contributed by atoms with Gasteiger partial charge in [-0.15, -0.1) is 0 Å². The zero-order valence-electron chi connectivity index (χ0n) is 27.1. The third-order valence-electron chi connectivity index (χ3n) is 8.66. The maximum absolute atomic E-state index is 13.2. The van der Waals surface area contributed by atoms with E-state index in [0.29, 0.717) is 69.0 Å². The summed E-state index contributed by atoms with van der Waals surface area (Å²) in [5, 5.41) is 63.3. The number of benzene rings is 3. The van der Waals surface area contributed by atoms with Gasteiger partial charge in [0.2, 0.25) is 0 Å². The zero-order chi connectivity index (χ0) is 33.4. The normalized spacial score (nSPS) is 16.9. The van der Waals surface area contributed by atoms with Crippen LogP contribution in [0, 0.1) is 5.41 Å². The first-order valence-corrected chi connectivity index (χ1v) is 15.7. The van der Waals surface area contributed by atoms with Gasteiger partial charge in [0, 0.05) is 94.1 Å². The van der Waals surface area contributed by atoms with Crippen LogP contribution in [0.1, 0.15) is 37.5 Å². The highest BCUT2D eigenvalue weighted by Crippen LogP contribution is 2.30. The fourth-order valence-electron chi connectivity index (χ4n) is 5.50. The average Bonchev–Trinajstić information content (AvgIpc) is 2.98. The molecule has 1 fully saturated rings. The second-order valence-electron chi connectivity index (χ2n) is 13.1. The summed E-state index contributed by atoms with van der Waals surface area (Å²) >= 11 is 0. The minimum absolute atomic E-state index is 0.00255. The number of carbonyl (C=O) groups is 1. The van der Waals surface area contributed by atoms with Crippen LogP contribution in [0.3, 0.4) is 0 Å². The number of phenolic OH excluding ortho intramolecular Hbond substituents is 6. The maximum Gasteiger partial charge on any atom is 0.152 e. The first kappa shape index (κ1) is 34.8. The number of hydrogen-bond donors (Lipinski definition) is 6. The molecule has 250 valence electrons. The standard InChI is InChI=1S/C35H48N4O7/c1-35(2,3)34(46)24-39-19-17-37(22-26-30(42)9-5-10-31(26)43)15-13-36(21-25-28(40)7-4-8-29(25)41)14-16-38(18-20-39)23-27-32(44)11-6-12-33(27)45/h4-12,40-45H,13-24H2,1-3H3. The minimum atomic E-state index is -0.513. The molecule has 0 aromatic heterocycles. The van der Waals surface area contributed by atoms with Gasteiger partial charge in [0.25, 0.3) is 0 Å². The number of aromatic hydroxyl groups is 6. The second kappa shape index (κ2) is 15.5. The Morgan fingerprint density at radius 1 is 0.500 bits per heavy atom. The number of Topliss-reactive ketones (excluding diaryl/α,β-unsaturated/α-hetero) is 1. The van der Waals surface area contributed by atoms with Crippen LogP contribution in [0.2, 0.25) is 0 Å². The fraction of sp³-hybridized carbons (Fsp3) is 0.457. The molecule has 11 nitrogen and oxygen atoms in total. The fourth-order valence-corrected chi connectivity index (χ4v) is 5.50. The van der Waals surface area contributed by atoms with Crippen LogP contribution < -0.4 is 0 Å². The van der Waals surface area contributed by atoms with Gasteiger partial charge >= 0.3 is 0 Å². The summed E-state index contributed by atoms with van der Waals surface area (Å²) in [6, 6.07) is 14.0. The summed E-state index contributed by atoms with van der Waals surface area (Å²) in [5.74, 6) is 0.127. The van der Waals surface area contributed by atoms with Crippen molar-refractivity contribution in [3.63, 3.8) is 0 Å². The average molecular weight is 637 g/mol. The molecule has 46 heavy (non-hydrogen) atoms. The maximum atomic E-state index is 13.2. The Bertz CT molecular complexity index is 1350. The van der Waals surface area contributed by atoms with Gasteiger partial charge in [0.05, 0.1) is 6.54 Å². The Labute approximate surface area is 271 Å². The van der Waals surface area contributed by atoms with Gasteiger partial charge in [0.1, 0.15) is 34.5 Å². The highest BCUT2D eigenvalue weighted by Gasteiger charge is 2.26. The SMILES string of the molecule is CC(C)(C)C(=O)CN1CCN(Cc2c(O)cccc2O)CCN(Cc2c(O)cccc2O)CCN(Cc2c(O)cccc2O)CC1. The van der Waals surface area contributed by atoms with Gasteiger partial charge in [-0.05, 0) is 36.4 Å². The molecule has 0 atom stereocenters. The minimum Gasteiger partial charge on any atom is -0.507 e. The molecule has 1 heterocycles. The van der Waals surface area contributed by atoms with Crippen LogP contribution in [-0.2, 0) is 24.4 Å². The molecule has 3 aromatic rings. The van der Waals surface area contributed by atoms with E-state index < -0.39 is 5.41 Å². The van der Waals surface area contributed by atoms with E-state index in [0.717, 1.165) is 0 Å². The summed E-state index contributed by atoms with van der Waals surface area (Å²) in [7, 11) is 0. The van der Waals surface area contributed by atoms with Crippen molar-refractivity contribution in [2.24, 2.45) is 5.41 Å². The molecule has 4 rings (SSSR count). The number of carbonyl (C=O) groups excluding carboxylic acids is 1. The summed E-state index contributed by atoms with van der Waals surface area (Å²) in [6.07, 6.45) is 0. The zero-order valence-corrected chi connectivity index (χ0v) is 27.1. The predicted octanol–water partition coefficient (Wildman–Crippen LogP) is 3.66. The van der Waals surface area contributed by atoms with E-state index in [2.05, 4.69) is 19.6 Å². The van der Waals surface area contributed by atoms with Crippen molar-refractivity contribution in [1.29, 1.82) is 0 Å². The molecule has 0 unspecified atom stereocenters. The van der Waals surface area contributed by atoms with Gasteiger partial charge in [-0.3, -0.25) is 24.4 Å². The molecule has 1 saturated heterocycles. The lowest BCUT2D eigenvalue weighted by Crippen LogP contribution is -2.47. The smallest absolute Gasteiger partial charge is 0.152 e. The Balaban J connectivity index is 1.64. The summed E-state index contributed by atoms with van der Waals surface area (Å²) in [5.41, 5.74) is 0.744. The van der Waals surface area contributed by atoms with E-state index in [1.807, 2.05) is 20.8 Å². The molecule has 0 saturated carbocycles. The van der Waals surface area contributed by atoms with Gasteiger partial charge in [-0.25, -0.2) is 0 Å². The molecule has 1 aliphatic heterocycles. The Kier molecular flexibility index (Phi) is 11.7. The summed E-state index contributed by atoms with van der Waals surface area (Å²) in [6.45, 7) is 11.1. The van der Waals surface area contributed by atoms with E-state index in [9.17, 15) is 35.4 Å². The highest BCUT2D eigenvalue weighted by molar-refractivity contribution is 5.85. The van der Waals surface area contributed by atoms with E-state index in [1.165, 1.54) is 0 Å². The summed E-state index contributed by atoms with van der Waals surface area (Å²) < 4.78 is 0. The van der Waals surface area contributed by atoms with Gasteiger partial charge in [-0.1, -0.05) is 39.0 Å². The molecule has 0 radical (unpaired) electrons. The molecule has 6 N–H and O–H groups in total. The number of nitrogens with zero attached hydrogens (tertiary/aromatic N) is 4. The lowest BCUT2D eigenvalue weighted by molar-refractivity contribution is -0.127. The van der Waals surface area contributed by atoms with Crippen molar-refractivity contribution >= 4 is 5.78 Å². The highest BCUT2D eigenvalue weighted by atomic mass is 16.3. The lowest BCUT2D eigenvalue weighted by atomic mass is 9.90. The molecule has 11 heteroatoms. The van der Waals surface area contributed by atoms with Crippen molar-refractivity contribution in [3.8, 4) is 34.5 Å². The van der Waals surface area contributed by atoms with Crippen LogP contribution in [0.15, 0.2) is 54.6 Å². The van der Waals surface area contributed by atoms with Crippen LogP contribution in [0.25, 0.3) is 0 Å². The van der Waals surface area contributed by atoms with Crippen LogP contribution in [0.5, 0.6) is 34.5 Å². The molecule has 0 aliphatic carbocycles. The summed E-state index contributed by atoms with van der Waals surface area (Å²) in [4.78, 5) is 21.6. The molecule has 3 aromatic carbocycles. The van der Waals surface area contributed by atoms with Crippen LogP contribution >= 0.6 is 0 Å². The molecule has 0 bridgehead atoms. The van der Waals surface area contributed by atoms with Gasteiger partial charge in [0.15, 0.2) is 5.78 Å². The monoisotopic (exact) mass is 636 g/mol. The Hall–Kier alpha value is -4.03. The van der Waals surface area contributed by atoms with Crippen molar-refractivity contribution in [2.45, 2.75) is 40.4 Å². The van der Waals surface area contributed by atoms with Gasteiger partial charge in [-0.2, -0.15) is 0 Å². The lowest BCUT2D eigenvalue weighted by Gasteiger charge is -2.35. The molecule has 0 amide bonds. The third kappa shape index (κ3) is 9.49. The van der Waals surface area contributed by atoms with Gasteiger partial charge < -0.3 is 30.6 Å². The van der Waals surface area contributed by atoms with Crippen LogP contribution in [0.4, 0.5) is 0 Å². The first-order chi connectivity index (χ1) is 21.8. The number of ketones is 1. The van der Waals surface area contributed by atoms with Crippen molar-refractivity contribution in [3.05, 3.63) is 71.3 Å². The Morgan fingerprint density at radius 3 is 0.978 bits per heavy atom. The molecular formula is C35H48N4O7. The topological polar surface area (TPSA) is 151 Å². The van der Waals surface area contributed by atoms with E-state index in [4.69, 9.17) is 0 Å². The van der Waals surface area contributed by atoms with E-state index in [1.54, 1.807) is 54.6 Å². The van der Waals surface area contributed by atoms with Crippen molar-refractivity contribution in [2.75, 3.05) is 58.9 Å². The molecular weight excluding hydrogens is 588 g/mol. The number of rotatable bonds is 8. The third-order valence-corrected chi connectivity index (χ3v) is 8.66. The number of hydrogen-bond acceptors (Lipinski definition) is 11. The Morgan fingerprint density at radius 2 is 0.739 bits per heavy atom. The van der Waals surface area contributed by atoms with Crippen molar-refractivity contribution in [1.82, 2.24) is 19.6 Å². The number of phenols is 6. The predicted molar refractivity (Wildman–Crippen MR) is 176 cm³/mol. The molecule has 0 spiro atoms. The molecule has 1 aliphatic rings. The largest absolute Gasteiger partial charge is 0.507 e.